The third-order valence-electron chi connectivity index (χ3n) is 1.98. The monoisotopic (exact) mass is 237 g/mol. The molecule has 1 heterocycles. The molecule has 0 aliphatic rings. The van der Waals surface area contributed by atoms with Gasteiger partial charge in [-0.25, -0.2) is 4.98 Å². The van der Waals surface area contributed by atoms with Gasteiger partial charge in [0, 0.05) is 16.8 Å². The van der Waals surface area contributed by atoms with Crippen molar-refractivity contribution in [3.63, 3.8) is 0 Å². The number of hydrogen-bond donors (Lipinski definition) is 2. The number of halogens is 1. The van der Waals surface area contributed by atoms with Crippen LogP contribution in [0.15, 0.2) is 30.5 Å². The molecule has 3 nitrogen and oxygen atoms in total. The van der Waals surface area contributed by atoms with E-state index in [4.69, 9.17) is 29.6 Å². The maximum absolute atomic E-state index is 5.89. The zero-order chi connectivity index (χ0) is 10.8. The number of nitrogen functional groups attached to an aromatic ring is 1. The molecule has 0 aliphatic heterocycles. The van der Waals surface area contributed by atoms with Gasteiger partial charge in [-0.05, 0) is 29.9 Å². The van der Waals surface area contributed by atoms with E-state index in [0.29, 0.717) is 15.6 Å². The van der Waals surface area contributed by atoms with E-state index < -0.39 is 0 Å². The quantitative estimate of drug-likeness (QED) is 0.750. The summed E-state index contributed by atoms with van der Waals surface area (Å²) in [5.74, 6) is 0.497. The lowest BCUT2D eigenvalue weighted by molar-refractivity contribution is 1.15. The van der Waals surface area contributed by atoms with E-state index in [1.807, 2.05) is 18.2 Å². The minimum absolute atomic E-state index is 0.373. The topological polar surface area (TPSA) is 54.7 Å². The molecule has 0 spiro atoms. The largest absolute Gasteiger partial charge is 0.385 e. The van der Waals surface area contributed by atoms with E-state index in [-0.39, 0.29) is 0 Å². The van der Waals surface area contributed by atoms with Crippen LogP contribution in [0.2, 0.25) is 5.02 Å². The number of benzene rings is 1. The molecule has 1 aromatic heterocycles. The molecule has 0 radical (unpaired) electrons. The molecule has 3 N–H and O–H groups in total. The Kier molecular flexibility index (Phi) is 2.70. The van der Waals surface area contributed by atoms with Gasteiger partial charge < -0.3 is 10.7 Å². The van der Waals surface area contributed by atoms with Crippen LogP contribution in [-0.4, -0.2) is 9.97 Å². The molecule has 15 heavy (non-hydrogen) atoms. The third kappa shape index (κ3) is 2.16. The molecule has 0 atom stereocenters. The fraction of sp³-hybridized carbons (Fsp3) is 0. The van der Waals surface area contributed by atoms with Crippen molar-refractivity contribution in [1.29, 1.82) is 0 Å². The van der Waals surface area contributed by atoms with E-state index in [9.17, 15) is 0 Å². The SMILES string of the molecule is Nc1[nH]c(=S)ncc1-c1cccc(Cl)c1. The van der Waals surface area contributed by atoms with E-state index >= 15 is 0 Å². The fourth-order valence-corrected chi connectivity index (χ4v) is 1.65. The molecule has 5 heteroatoms. The Morgan fingerprint density at radius 1 is 1.40 bits per heavy atom. The Bertz CT molecular complexity index is 550. The number of nitrogens with two attached hydrogens (primary N) is 1. The first-order valence-electron chi connectivity index (χ1n) is 4.27. The number of H-pyrrole nitrogens is 1. The minimum atomic E-state index is 0.373. The number of aromatic nitrogens is 2. The summed E-state index contributed by atoms with van der Waals surface area (Å²) >= 11 is 10.7. The number of hydrogen-bond acceptors (Lipinski definition) is 3. The molecule has 2 rings (SSSR count). The summed E-state index contributed by atoms with van der Waals surface area (Å²) in [6.45, 7) is 0. The lowest BCUT2D eigenvalue weighted by atomic mass is 10.1. The third-order valence-corrected chi connectivity index (χ3v) is 2.42. The number of rotatable bonds is 1. The van der Waals surface area contributed by atoms with Gasteiger partial charge in [-0.2, -0.15) is 0 Å². The van der Waals surface area contributed by atoms with E-state index in [2.05, 4.69) is 9.97 Å². The van der Waals surface area contributed by atoms with Crippen molar-refractivity contribution >= 4 is 29.6 Å². The van der Waals surface area contributed by atoms with Gasteiger partial charge in [-0.3, -0.25) is 0 Å². The van der Waals surface area contributed by atoms with Crippen LogP contribution >= 0.6 is 23.8 Å². The van der Waals surface area contributed by atoms with Crippen LogP contribution in [0.1, 0.15) is 0 Å². The molecule has 0 aliphatic carbocycles. The van der Waals surface area contributed by atoms with Crippen LogP contribution in [0.4, 0.5) is 5.82 Å². The zero-order valence-electron chi connectivity index (χ0n) is 7.70. The van der Waals surface area contributed by atoms with Gasteiger partial charge >= 0.3 is 0 Å². The summed E-state index contributed by atoms with van der Waals surface area (Å²) in [5, 5.41) is 0.661. The molecule has 1 aromatic carbocycles. The molecular weight excluding hydrogens is 230 g/mol. The van der Waals surface area contributed by atoms with Crippen molar-refractivity contribution < 1.29 is 0 Å². The Hall–Kier alpha value is -1.39. The van der Waals surface area contributed by atoms with Crippen molar-refractivity contribution in [2.24, 2.45) is 0 Å². The molecule has 0 unspecified atom stereocenters. The summed E-state index contributed by atoms with van der Waals surface area (Å²) < 4.78 is 0.373. The summed E-state index contributed by atoms with van der Waals surface area (Å²) in [7, 11) is 0. The van der Waals surface area contributed by atoms with Gasteiger partial charge in [0.2, 0.25) is 0 Å². The number of nitrogens with one attached hydrogen (secondary N) is 1. The van der Waals surface area contributed by atoms with Crippen molar-refractivity contribution in [3.8, 4) is 11.1 Å². The molecule has 0 saturated carbocycles. The number of nitrogens with zero attached hydrogens (tertiary/aromatic N) is 1. The Labute approximate surface area is 96.9 Å². The highest BCUT2D eigenvalue weighted by Gasteiger charge is 2.03. The van der Waals surface area contributed by atoms with E-state index in [0.717, 1.165) is 11.1 Å². The van der Waals surface area contributed by atoms with Gasteiger partial charge in [-0.15, -0.1) is 0 Å². The minimum Gasteiger partial charge on any atom is -0.385 e. The highest BCUT2D eigenvalue weighted by molar-refractivity contribution is 7.71. The predicted molar refractivity (Wildman–Crippen MR) is 64.3 cm³/mol. The Balaban J connectivity index is 2.59. The van der Waals surface area contributed by atoms with Crippen LogP contribution in [0.25, 0.3) is 11.1 Å². The summed E-state index contributed by atoms with van der Waals surface area (Å²) in [4.78, 5) is 6.78. The first-order valence-corrected chi connectivity index (χ1v) is 5.06. The molecule has 0 saturated heterocycles. The zero-order valence-corrected chi connectivity index (χ0v) is 9.27. The van der Waals surface area contributed by atoms with Crippen LogP contribution in [0.5, 0.6) is 0 Å². The normalized spacial score (nSPS) is 10.2. The van der Waals surface area contributed by atoms with Gasteiger partial charge in [0.1, 0.15) is 5.82 Å². The first kappa shape index (κ1) is 10.1. The standard InChI is InChI=1S/C10H8ClN3S/c11-7-3-1-2-6(4-7)8-5-13-10(15)14-9(8)12/h1-5H,(H3,12,13,14,15). The summed E-state index contributed by atoms with van der Waals surface area (Å²) in [6, 6.07) is 7.40. The van der Waals surface area contributed by atoms with E-state index in [1.54, 1.807) is 12.3 Å². The fourth-order valence-electron chi connectivity index (χ4n) is 1.29. The maximum atomic E-state index is 5.89. The number of anilines is 1. The van der Waals surface area contributed by atoms with Crippen LogP contribution in [0, 0.1) is 4.77 Å². The predicted octanol–water partition coefficient (Wildman–Crippen LogP) is 3.04. The first-order chi connectivity index (χ1) is 7.16. The van der Waals surface area contributed by atoms with Gasteiger partial charge in [0.05, 0.1) is 0 Å². The van der Waals surface area contributed by atoms with Crippen molar-refractivity contribution in [3.05, 3.63) is 40.3 Å². The molecule has 0 amide bonds. The van der Waals surface area contributed by atoms with Crippen LogP contribution in [-0.2, 0) is 0 Å². The Morgan fingerprint density at radius 2 is 2.20 bits per heavy atom. The summed E-state index contributed by atoms with van der Waals surface area (Å²) in [6.07, 6.45) is 1.64. The van der Waals surface area contributed by atoms with Crippen LogP contribution in [0.3, 0.4) is 0 Å². The van der Waals surface area contributed by atoms with Crippen LogP contribution < -0.4 is 5.73 Å². The molecule has 0 bridgehead atoms. The van der Waals surface area contributed by atoms with Gasteiger partial charge in [0.15, 0.2) is 4.77 Å². The highest BCUT2D eigenvalue weighted by atomic mass is 35.5. The van der Waals surface area contributed by atoms with E-state index in [1.165, 1.54) is 0 Å². The summed E-state index contributed by atoms with van der Waals surface area (Å²) in [5.41, 5.74) is 7.51. The molecule has 2 aromatic rings. The second-order valence-corrected chi connectivity index (χ2v) is 3.85. The Morgan fingerprint density at radius 3 is 2.87 bits per heavy atom. The average Bonchev–Trinajstić information content (AvgIpc) is 2.17. The molecule has 76 valence electrons. The number of aromatic amines is 1. The van der Waals surface area contributed by atoms with Gasteiger partial charge in [-0.1, -0.05) is 23.7 Å². The average molecular weight is 238 g/mol. The highest BCUT2D eigenvalue weighted by Crippen LogP contribution is 2.25. The smallest absolute Gasteiger partial charge is 0.198 e. The molecule has 0 fully saturated rings. The molecular formula is C10H8ClN3S. The lowest BCUT2D eigenvalue weighted by Crippen LogP contribution is -1.95. The maximum Gasteiger partial charge on any atom is 0.198 e. The van der Waals surface area contributed by atoms with Crippen molar-refractivity contribution in [1.82, 2.24) is 9.97 Å². The van der Waals surface area contributed by atoms with Gasteiger partial charge in [0.25, 0.3) is 0 Å². The second-order valence-electron chi connectivity index (χ2n) is 3.03. The van der Waals surface area contributed by atoms with Crippen molar-refractivity contribution in [2.75, 3.05) is 5.73 Å². The van der Waals surface area contributed by atoms with Crippen molar-refractivity contribution in [2.45, 2.75) is 0 Å². The lowest BCUT2D eigenvalue weighted by Gasteiger charge is -2.04. The second kappa shape index (κ2) is 4.00.